The summed E-state index contributed by atoms with van der Waals surface area (Å²) < 4.78 is 13.5. The molecule has 0 spiro atoms. The van der Waals surface area contributed by atoms with Crippen molar-refractivity contribution in [2.75, 3.05) is 19.7 Å². The number of aromatic nitrogens is 1. The Hall–Kier alpha value is -1.11. The first-order valence-electron chi connectivity index (χ1n) is 6.80. The molecule has 5 nitrogen and oxygen atoms in total. The molecule has 108 valence electrons. The van der Waals surface area contributed by atoms with Crippen molar-refractivity contribution in [1.29, 1.82) is 0 Å². The largest absolute Gasteiger partial charge is 0.421 e. The molecule has 2 heterocycles. The van der Waals surface area contributed by atoms with Gasteiger partial charge in [0.1, 0.15) is 0 Å². The fourth-order valence-corrected chi connectivity index (χ4v) is 2.87. The van der Waals surface area contributed by atoms with Crippen molar-refractivity contribution in [3.63, 3.8) is 0 Å². The Kier molecular flexibility index (Phi) is 3.96. The Bertz CT molecular complexity index is 664. The molecule has 1 aliphatic rings. The fraction of sp³-hybridized carbons (Fsp3) is 0.500. The van der Waals surface area contributed by atoms with Crippen LogP contribution in [0.1, 0.15) is 13.3 Å². The highest BCUT2D eigenvalue weighted by Crippen LogP contribution is 2.19. The second-order valence-corrected chi connectivity index (χ2v) is 5.94. The second kappa shape index (κ2) is 5.71. The molecule has 0 N–H and O–H groups in total. The Morgan fingerprint density at radius 3 is 3.10 bits per heavy atom. The summed E-state index contributed by atoms with van der Waals surface area (Å²) >= 11 is 3.38. The summed E-state index contributed by atoms with van der Waals surface area (Å²) in [6, 6.07) is 5.64. The van der Waals surface area contributed by atoms with Crippen molar-refractivity contribution >= 4 is 27.0 Å². The molecule has 1 aromatic carbocycles. The van der Waals surface area contributed by atoms with Crippen LogP contribution in [0.3, 0.4) is 0 Å². The van der Waals surface area contributed by atoms with E-state index in [0.717, 1.165) is 29.5 Å². The van der Waals surface area contributed by atoms with E-state index in [4.69, 9.17) is 9.15 Å². The zero-order valence-corrected chi connectivity index (χ0v) is 12.9. The van der Waals surface area contributed by atoms with Crippen molar-refractivity contribution < 1.29 is 9.15 Å². The van der Waals surface area contributed by atoms with Crippen molar-refractivity contribution in [2.45, 2.75) is 26.1 Å². The van der Waals surface area contributed by atoms with Gasteiger partial charge in [-0.25, -0.2) is 4.79 Å². The molecular weight excluding hydrogens is 324 g/mol. The van der Waals surface area contributed by atoms with Crippen LogP contribution in [-0.4, -0.2) is 35.3 Å². The number of nitrogens with zero attached hydrogens (tertiary/aromatic N) is 2. The summed E-state index contributed by atoms with van der Waals surface area (Å²) in [4.78, 5) is 14.2. The Morgan fingerprint density at radius 2 is 2.30 bits per heavy atom. The third kappa shape index (κ3) is 2.68. The summed E-state index contributed by atoms with van der Waals surface area (Å²) in [5.41, 5.74) is 1.45. The zero-order valence-electron chi connectivity index (χ0n) is 11.3. The molecule has 20 heavy (non-hydrogen) atoms. The third-order valence-corrected chi connectivity index (χ3v) is 4.14. The molecule has 6 heteroatoms. The van der Waals surface area contributed by atoms with Crippen molar-refractivity contribution in [3.05, 3.63) is 33.2 Å². The first-order valence-corrected chi connectivity index (χ1v) is 7.59. The van der Waals surface area contributed by atoms with Crippen LogP contribution in [0.25, 0.3) is 11.1 Å². The topological polar surface area (TPSA) is 47.6 Å². The number of hydrogen-bond acceptors (Lipinski definition) is 4. The van der Waals surface area contributed by atoms with E-state index in [1.165, 1.54) is 0 Å². The number of benzene rings is 1. The Morgan fingerprint density at radius 1 is 1.45 bits per heavy atom. The van der Waals surface area contributed by atoms with E-state index in [9.17, 15) is 4.79 Å². The van der Waals surface area contributed by atoms with Crippen molar-refractivity contribution in [2.24, 2.45) is 0 Å². The zero-order chi connectivity index (χ0) is 14.1. The number of hydrogen-bond donors (Lipinski definition) is 0. The molecule has 0 bridgehead atoms. The predicted octanol–water partition coefficient (Wildman–Crippen LogP) is 2.43. The average Bonchev–Trinajstić information content (AvgIpc) is 2.74. The van der Waals surface area contributed by atoms with Gasteiger partial charge in [0, 0.05) is 17.6 Å². The van der Waals surface area contributed by atoms with Gasteiger partial charge in [-0.2, -0.15) is 0 Å². The van der Waals surface area contributed by atoms with Crippen LogP contribution in [0.15, 0.2) is 31.9 Å². The molecule has 3 rings (SSSR count). The van der Waals surface area contributed by atoms with Gasteiger partial charge >= 0.3 is 5.76 Å². The summed E-state index contributed by atoms with van der Waals surface area (Å²) in [5, 5.41) is 0. The first-order chi connectivity index (χ1) is 9.67. The average molecular weight is 341 g/mol. The summed E-state index contributed by atoms with van der Waals surface area (Å²) in [6.07, 6.45) is 1.25. The van der Waals surface area contributed by atoms with Crippen LogP contribution in [0.4, 0.5) is 0 Å². The molecule has 1 saturated heterocycles. The van der Waals surface area contributed by atoms with Gasteiger partial charge in [-0.1, -0.05) is 22.9 Å². The van der Waals surface area contributed by atoms with Crippen molar-refractivity contribution in [3.8, 4) is 0 Å². The number of rotatable bonds is 3. The van der Waals surface area contributed by atoms with Crippen LogP contribution < -0.4 is 5.76 Å². The van der Waals surface area contributed by atoms with Gasteiger partial charge < -0.3 is 9.15 Å². The molecule has 0 aliphatic carbocycles. The van der Waals surface area contributed by atoms with Crippen molar-refractivity contribution in [1.82, 2.24) is 9.47 Å². The molecule has 0 amide bonds. The summed E-state index contributed by atoms with van der Waals surface area (Å²) in [6.45, 7) is 5.07. The molecule has 1 atom stereocenters. The quantitative estimate of drug-likeness (QED) is 0.860. The van der Waals surface area contributed by atoms with Gasteiger partial charge in [0.2, 0.25) is 0 Å². The number of ether oxygens (including phenoxy) is 1. The summed E-state index contributed by atoms with van der Waals surface area (Å²) in [7, 11) is 0. The maximum absolute atomic E-state index is 12.0. The lowest BCUT2D eigenvalue weighted by Gasteiger charge is -2.32. The van der Waals surface area contributed by atoms with E-state index >= 15 is 0 Å². The van der Waals surface area contributed by atoms with E-state index in [2.05, 4.69) is 27.8 Å². The van der Waals surface area contributed by atoms with E-state index in [1.807, 2.05) is 18.2 Å². The minimum absolute atomic E-state index is 0.256. The van der Waals surface area contributed by atoms with Gasteiger partial charge in [-0.05, 0) is 24.6 Å². The fourth-order valence-electron chi connectivity index (χ4n) is 2.53. The summed E-state index contributed by atoms with van der Waals surface area (Å²) in [5.74, 6) is -0.308. The monoisotopic (exact) mass is 340 g/mol. The lowest BCUT2D eigenvalue weighted by Crippen LogP contribution is -2.43. The standard InChI is InChI=1S/C14H17BrN2O3/c1-2-11-8-16(5-6-19-11)9-17-12-4-3-10(15)7-13(12)20-14(17)18/h3-4,7,11H,2,5-6,8-9H2,1H3/t11-/m0/s1. The molecule has 0 saturated carbocycles. The Balaban J connectivity index is 1.87. The molecule has 0 unspecified atom stereocenters. The minimum atomic E-state index is -0.308. The predicted molar refractivity (Wildman–Crippen MR) is 79.8 cm³/mol. The normalized spacial score (nSPS) is 20.6. The van der Waals surface area contributed by atoms with E-state index < -0.39 is 0 Å². The highest BCUT2D eigenvalue weighted by Gasteiger charge is 2.20. The first kappa shape index (κ1) is 13.9. The lowest BCUT2D eigenvalue weighted by molar-refractivity contribution is -0.0399. The van der Waals surface area contributed by atoms with E-state index in [-0.39, 0.29) is 11.9 Å². The van der Waals surface area contributed by atoms with Crippen LogP contribution >= 0.6 is 15.9 Å². The number of fused-ring (bicyclic) bond motifs is 1. The van der Waals surface area contributed by atoms with Crippen LogP contribution in [0, 0.1) is 0 Å². The second-order valence-electron chi connectivity index (χ2n) is 5.03. The molecule has 1 aromatic heterocycles. The maximum atomic E-state index is 12.0. The molecule has 1 aliphatic heterocycles. The van der Waals surface area contributed by atoms with E-state index in [0.29, 0.717) is 18.9 Å². The van der Waals surface area contributed by atoms with Gasteiger partial charge in [0.05, 0.1) is 24.9 Å². The van der Waals surface area contributed by atoms with Gasteiger partial charge in [0.25, 0.3) is 0 Å². The number of halogens is 1. The van der Waals surface area contributed by atoms with Gasteiger partial charge in [-0.3, -0.25) is 9.47 Å². The number of morpholine rings is 1. The molecular formula is C14H17BrN2O3. The highest BCUT2D eigenvalue weighted by molar-refractivity contribution is 9.10. The van der Waals surface area contributed by atoms with Gasteiger partial charge in [-0.15, -0.1) is 0 Å². The minimum Gasteiger partial charge on any atom is -0.408 e. The van der Waals surface area contributed by atoms with Gasteiger partial charge in [0.15, 0.2) is 5.58 Å². The van der Waals surface area contributed by atoms with Crippen LogP contribution in [0.5, 0.6) is 0 Å². The SMILES string of the molecule is CC[C@H]1CN(Cn2c(=O)oc3cc(Br)ccc32)CCO1. The lowest BCUT2D eigenvalue weighted by atomic mass is 10.2. The van der Waals surface area contributed by atoms with Crippen LogP contribution in [-0.2, 0) is 11.4 Å². The van der Waals surface area contributed by atoms with Crippen LogP contribution in [0.2, 0.25) is 0 Å². The highest BCUT2D eigenvalue weighted by atomic mass is 79.9. The number of oxazole rings is 1. The Labute approximate surface area is 125 Å². The third-order valence-electron chi connectivity index (χ3n) is 3.65. The smallest absolute Gasteiger partial charge is 0.408 e. The van der Waals surface area contributed by atoms with E-state index in [1.54, 1.807) is 4.57 Å². The molecule has 0 radical (unpaired) electrons. The molecule has 2 aromatic rings. The molecule has 1 fully saturated rings. The maximum Gasteiger partial charge on any atom is 0.421 e.